The van der Waals surface area contributed by atoms with Crippen molar-refractivity contribution in [1.82, 2.24) is 0 Å². The predicted octanol–water partition coefficient (Wildman–Crippen LogP) is -16.4. The van der Waals surface area contributed by atoms with Gasteiger partial charge in [0, 0.05) is 60.6 Å². The second kappa shape index (κ2) is 20.9. The third-order valence-electron chi connectivity index (χ3n) is 2.83. The van der Waals surface area contributed by atoms with E-state index in [1.807, 2.05) is 0 Å². The van der Waals surface area contributed by atoms with E-state index in [1.54, 1.807) is 0 Å². The molecule has 156 valence electrons. The van der Waals surface area contributed by atoms with Crippen molar-refractivity contribution in [3.63, 3.8) is 0 Å². The normalized spacial score (nSPS) is 8.81. The molecule has 0 atom stereocenters. The first-order valence-electron chi connectivity index (χ1n) is 5.29. The Morgan fingerprint density at radius 1 is 0.556 bits per heavy atom. The quantitative estimate of drug-likeness (QED) is 0.300. The van der Waals surface area contributed by atoms with Crippen molar-refractivity contribution in [2.75, 3.05) is 0 Å². The summed E-state index contributed by atoms with van der Waals surface area (Å²) in [7, 11) is 0. The van der Waals surface area contributed by atoms with Crippen molar-refractivity contribution < 1.29 is 138 Å². The number of carbonyl (C=O) groups excluding carboxylic acids is 4. The largest absolute Gasteiger partial charge is 1.00 e. The zero-order valence-electron chi connectivity index (χ0n) is 14.6. The number of hydrogen-bond donors (Lipinski definition) is 2. The number of aliphatic carboxylic acids is 4. The molecule has 14 nitrogen and oxygen atoms in total. The maximum absolute atomic E-state index is 10.6. The molecule has 0 bridgehead atoms. The van der Waals surface area contributed by atoms with Crippen LogP contribution in [0.3, 0.4) is 0 Å². The number of carboxylic acid groups (broad SMARTS) is 4. The second-order valence-electron chi connectivity index (χ2n) is 4.51. The molecule has 0 saturated heterocycles. The first-order chi connectivity index (χ1) is 8.92. The minimum absolute atomic E-state index is 0. The number of nitrogens with two attached hydrogens (primary N) is 2. The van der Waals surface area contributed by atoms with Gasteiger partial charge in [-0.15, -0.1) is 0 Å². The van der Waals surface area contributed by atoms with E-state index in [1.165, 1.54) is 0 Å². The van der Waals surface area contributed by atoms with Gasteiger partial charge in [-0.05, 0) is 0 Å². The van der Waals surface area contributed by atoms with Crippen LogP contribution in [0.5, 0.6) is 0 Å². The summed E-state index contributed by atoms with van der Waals surface area (Å²) in [6, 6.07) is 0. The fraction of sp³-hybridized carbons (Fsp3) is 0.600. The monoisotopic (exact) mass is 469 g/mol. The van der Waals surface area contributed by atoms with Crippen LogP contribution in [0.1, 0.15) is 25.7 Å². The third-order valence-corrected chi connectivity index (χ3v) is 2.83. The van der Waals surface area contributed by atoms with Gasteiger partial charge in [-0.2, -0.15) is 0 Å². The predicted molar refractivity (Wildman–Crippen MR) is 66.8 cm³/mol. The van der Waals surface area contributed by atoms with Crippen LogP contribution in [0.4, 0.5) is 0 Å². The summed E-state index contributed by atoms with van der Waals surface area (Å²) in [5.41, 5.74) is 6.20. The molecule has 0 fully saturated rings. The average Bonchev–Trinajstić information content (AvgIpc) is 2.10. The molecule has 27 heavy (non-hydrogen) atoms. The Hall–Kier alpha value is 0.159. The average molecular weight is 470 g/mol. The van der Waals surface area contributed by atoms with Crippen LogP contribution in [0, 0.1) is 0 Å². The summed E-state index contributed by atoms with van der Waals surface area (Å²) in [6.07, 6.45) is -4.73. The van der Waals surface area contributed by atoms with E-state index >= 15 is 0 Å². The summed E-state index contributed by atoms with van der Waals surface area (Å²) in [5.74, 6) is -7.33. The van der Waals surface area contributed by atoms with Gasteiger partial charge in [-0.1, -0.05) is 0 Å². The summed E-state index contributed by atoms with van der Waals surface area (Å²) in [6.45, 7) is 0. The zero-order chi connectivity index (χ0) is 16.1. The van der Waals surface area contributed by atoms with E-state index in [0.717, 1.165) is 0 Å². The summed E-state index contributed by atoms with van der Waals surface area (Å²) < 4.78 is 0. The van der Waals surface area contributed by atoms with Crippen molar-refractivity contribution in [2.45, 2.75) is 36.8 Å². The van der Waals surface area contributed by atoms with Crippen LogP contribution >= 0.6 is 0 Å². The summed E-state index contributed by atoms with van der Waals surface area (Å²) in [4.78, 5) is 42.5. The summed E-state index contributed by atoms with van der Waals surface area (Å²) in [5, 5.41) is 42.5. The van der Waals surface area contributed by atoms with E-state index in [0.29, 0.717) is 0 Å². The van der Waals surface area contributed by atoms with Gasteiger partial charge in [-0.25, -0.2) is 0 Å². The van der Waals surface area contributed by atoms with E-state index in [-0.39, 0.29) is 98.1 Å². The van der Waals surface area contributed by atoms with Crippen LogP contribution in [-0.2, 0) is 36.2 Å². The molecule has 0 aromatic carbocycles. The summed E-state index contributed by atoms with van der Waals surface area (Å²) >= 11 is 0. The minimum atomic E-state index is -2.43. The second-order valence-corrected chi connectivity index (χ2v) is 4.51. The van der Waals surface area contributed by atoms with Crippen molar-refractivity contribution in [1.29, 1.82) is 0 Å². The molecule has 12 N–H and O–H groups in total. The van der Waals surface area contributed by atoms with Gasteiger partial charge in [0.25, 0.3) is 0 Å². The number of carboxylic acids is 4. The van der Waals surface area contributed by atoms with Crippen molar-refractivity contribution >= 4 is 23.9 Å². The van der Waals surface area contributed by atoms with Gasteiger partial charge >= 0.3 is 76.2 Å². The van der Waals surface area contributed by atoms with Crippen LogP contribution < -0.4 is 91.0 Å². The Labute approximate surface area is 208 Å². The molecular weight excluding hydrogens is 450 g/mol. The van der Waals surface area contributed by atoms with Crippen molar-refractivity contribution in [2.24, 2.45) is 11.5 Å². The minimum Gasteiger partial charge on any atom is -0.550 e. The first kappa shape index (κ1) is 50.6. The first-order valence-corrected chi connectivity index (χ1v) is 5.29. The van der Waals surface area contributed by atoms with Gasteiger partial charge in [0.1, 0.15) is 0 Å². The Balaban J connectivity index is -0.0000000860. The van der Waals surface area contributed by atoms with Crippen LogP contribution in [0.25, 0.3) is 0 Å². The van der Waals surface area contributed by atoms with E-state index in [9.17, 15) is 39.6 Å². The van der Waals surface area contributed by atoms with Gasteiger partial charge in [0.15, 0.2) is 0 Å². The maximum Gasteiger partial charge on any atom is 1.00 e. The Kier molecular flexibility index (Phi) is 39.2. The molecule has 0 spiro atoms. The molecule has 0 radical (unpaired) electrons. The van der Waals surface area contributed by atoms with Gasteiger partial charge in [-0.3, -0.25) is 0 Å². The van der Waals surface area contributed by atoms with Crippen LogP contribution in [0.2, 0.25) is 0 Å². The molecule has 0 aliphatic rings. The molecule has 0 heterocycles. The number of hydrogen-bond acceptors (Lipinski definition) is 10. The third kappa shape index (κ3) is 18.0. The smallest absolute Gasteiger partial charge is 0.550 e. The Morgan fingerprint density at radius 3 is 0.741 bits per heavy atom. The molecule has 0 rings (SSSR count). The molecule has 0 aliphatic heterocycles. The van der Waals surface area contributed by atoms with E-state index in [2.05, 4.69) is 0 Å². The van der Waals surface area contributed by atoms with E-state index in [4.69, 9.17) is 11.5 Å². The number of rotatable bonds is 9. The van der Waals surface area contributed by atoms with E-state index < -0.39 is 60.6 Å². The number of carbonyl (C=O) groups is 4. The van der Waals surface area contributed by atoms with Crippen LogP contribution in [-0.4, -0.2) is 56.9 Å². The molecule has 17 heteroatoms. The molecule has 0 aromatic rings. The topological polar surface area (TPSA) is 339 Å². The fourth-order valence-electron chi connectivity index (χ4n) is 1.86. The van der Waals surface area contributed by atoms with Gasteiger partial charge in [0.05, 0.1) is 0 Å². The molecule has 0 amide bonds. The SMILES string of the molecule is NC(CC(=O)[O-])(CC(=O)[O-])C(N)(CC(=O)[O-])CC(=O)[O-].O.O.O.O.[Cu+].[Na+].[Na+]. The Morgan fingerprint density at radius 2 is 0.667 bits per heavy atom. The fourth-order valence-corrected chi connectivity index (χ4v) is 1.86. The molecule has 0 saturated carbocycles. The van der Waals surface area contributed by atoms with Crippen molar-refractivity contribution in [3.8, 4) is 0 Å². The zero-order valence-corrected chi connectivity index (χ0v) is 19.5. The molecule has 0 aromatic heterocycles. The Bertz CT molecular complexity index is 382. The van der Waals surface area contributed by atoms with Crippen LogP contribution in [0.15, 0.2) is 0 Å². The standard InChI is InChI=1S/C10H16N2O8.Cu.2Na.4H2O/c11-9(1-5(13)14,2-6(15)16)10(12,3-7(17)18)4-8(19)20;;;;;;;/h1-4,11-12H2,(H,13,14)(H,15,16)(H,17,18)(H,19,20);;;;4*1H2/q;3*+1;;;;/p-4. The molecular formula is C10H20CuN2Na2O12-. The van der Waals surface area contributed by atoms with Crippen molar-refractivity contribution in [3.05, 3.63) is 0 Å². The maximum atomic E-state index is 10.6. The van der Waals surface area contributed by atoms with Gasteiger partial charge in [0.2, 0.25) is 0 Å². The van der Waals surface area contributed by atoms with Gasteiger partial charge < -0.3 is 73.0 Å². The molecule has 0 unspecified atom stereocenters. The molecule has 0 aliphatic carbocycles.